The lowest BCUT2D eigenvalue weighted by atomic mass is 9.90. The van der Waals surface area contributed by atoms with E-state index in [0.717, 1.165) is 6.42 Å². The lowest BCUT2D eigenvalue weighted by Crippen LogP contribution is -2.33. The van der Waals surface area contributed by atoms with Crippen LogP contribution in [0.2, 0.25) is 5.02 Å². The van der Waals surface area contributed by atoms with Crippen LogP contribution in [0, 0.1) is 5.41 Å². The Labute approximate surface area is 107 Å². The summed E-state index contributed by atoms with van der Waals surface area (Å²) in [6, 6.07) is 4.91. The highest BCUT2D eigenvalue weighted by molar-refractivity contribution is 6.33. The molecular weight excluding hydrogens is 236 g/mol. The van der Waals surface area contributed by atoms with Gasteiger partial charge in [0.05, 0.1) is 10.7 Å². The Morgan fingerprint density at radius 1 is 1.47 bits per heavy atom. The molecule has 0 aliphatic heterocycles. The van der Waals surface area contributed by atoms with Gasteiger partial charge in [0.2, 0.25) is 0 Å². The van der Waals surface area contributed by atoms with Crippen LogP contribution in [0.5, 0.6) is 0 Å². The van der Waals surface area contributed by atoms with Gasteiger partial charge in [-0.1, -0.05) is 32.4 Å². The molecule has 0 unspecified atom stereocenters. The predicted octanol–water partition coefficient (Wildman–Crippen LogP) is 3.09. The van der Waals surface area contributed by atoms with E-state index in [4.69, 9.17) is 17.3 Å². The number of hydrogen-bond donors (Lipinski definition) is 2. The van der Waals surface area contributed by atoms with Gasteiger partial charge in [0, 0.05) is 12.1 Å². The average molecular weight is 255 g/mol. The first-order chi connectivity index (χ1) is 7.85. The van der Waals surface area contributed by atoms with Gasteiger partial charge in [0.25, 0.3) is 5.91 Å². The monoisotopic (exact) mass is 254 g/mol. The summed E-state index contributed by atoms with van der Waals surface area (Å²) in [5, 5.41) is 3.31. The summed E-state index contributed by atoms with van der Waals surface area (Å²) < 4.78 is 0. The van der Waals surface area contributed by atoms with Crippen LogP contribution in [0.1, 0.15) is 37.6 Å². The smallest absolute Gasteiger partial charge is 0.251 e. The van der Waals surface area contributed by atoms with Crippen molar-refractivity contribution in [1.82, 2.24) is 5.32 Å². The molecule has 94 valence electrons. The van der Waals surface area contributed by atoms with Gasteiger partial charge >= 0.3 is 0 Å². The molecule has 0 heterocycles. The molecule has 1 aromatic rings. The maximum absolute atomic E-state index is 11.9. The maximum atomic E-state index is 11.9. The van der Waals surface area contributed by atoms with Gasteiger partial charge in [0.1, 0.15) is 0 Å². The van der Waals surface area contributed by atoms with Gasteiger partial charge in [0.15, 0.2) is 0 Å². The van der Waals surface area contributed by atoms with Crippen molar-refractivity contribution >= 4 is 23.2 Å². The largest absolute Gasteiger partial charge is 0.398 e. The third-order valence-electron chi connectivity index (χ3n) is 2.95. The summed E-state index contributed by atoms with van der Waals surface area (Å²) in [7, 11) is 0. The molecule has 1 amide bonds. The molecule has 1 rings (SSSR count). The molecule has 0 saturated carbocycles. The van der Waals surface area contributed by atoms with Crippen molar-refractivity contribution in [2.75, 3.05) is 12.3 Å². The molecule has 17 heavy (non-hydrogen) atoms. The molecule has 0 aliphatic carbocycles. The van der Waals surface area contributed by atoms with Crippen molar-refractivity contribution < 1.29 is 4.79 Å². The Balaban J connectivity index is 2.68. The lowest BCUT2D eigenvalue weighted by molar-refractivity contribution is 0.0936. The van der Waals surface area contributed by atoms with E-state index < -0.39 is 0 Å². The van der Waals surface area contributed by atoms with Crippen LogP contribution >= 0.6 is 11.6 Å². The Morgan fingerprint density at radius 3 is 2.65 bits per heavy atom. The number of hydrogen-bond acceptors (Lipinski definition) is 2. The van der Waals surface area contributed by atoms with Crippen molar-refractivity contribution in [2.45, 2.75) is 27.2 Å². The number of rotatable bonds is 4. The summed E-state index contributed by atoms with van der Waals surface area (Å²) in [5.41, 5.74) is 6.72. The Hall–Kier alpha value is -1.22. The minimum Gasteiger partial charge on any atom is -0.398 e. The van der Waals surface area contributed by atoms with E-state index in [-0.39, 0.29) is 11.3 Å². The maximum Gasteiger partial charge on any atom is 0.251 e. The number of carbonyl (C=O) groups excluding carboxylic acids is 1. The first-order valence-electron chi connectivity index (χ1n) is 5.69. The molecule has 0 aromatic heterocycles. The molecule has 0 saturated heterocycles. The predicted molar refractivity (Wildman–Crippen MR) is 72.3 cm³/mol. The molecule has 0 bridgehead atoms. The Bertz CT molecular complexity index is 416. The standard InChI is InChI=1S/C13H19ClN2O/c1-4-13(2,3)8-16-12(17)9-5-6-11(15)10(14)7-9/h5-7H,4,8,15H2,1-3H3,(H,16,17). The summed E-state index contributed by atoms with van der Waals surface area (Å²) >= 11 is 5.87. The zero-order valence-corrected chi connectivity index (χ0v) is 11.3. The van der Waals surface area contributed by atoms with Gasteiger partial charge in [-0.25, -0.2) is 0 Å². The summed E-state index contributed by atoms with van der Waals surface area (Å²) in [4.78, 5) is 11.9. The molecule has 0 radical (unpaired) electrons. The minimum atomic E-state index is -0.117. The Kier molecular flexibility index (Phi) is 4.40. The zero-order chi connectivity index (χ0) is 13.1. The van der Waals surface area contributed by atoms with Crippen LogP contribution in [0.3, 0.4) is 0 Å². The van der Waals surface area contributed by atoms with Crippen LogP contribution in [0.4, 0.5) is 5.69 Å². The number of nitrogens with one attached hydrogen (secondary N) is 1. The third kappa shape index (κ3) is 3.93. The normalized spacial score (nSPS) is 11.3. The van der Waals surface area contributed by atoms with Gasteiger partial charge < -0.3 is 11.1 Å². The molecule has 0 fully saturated rings. The first kappa shape index (κ1) is 13.8. The highest BCUT2D eigenvalue weighted by Gasteiger charge is 2.16. The van der Waals surface area contributed by atoms with E-state index in [1.807, 2.05) is 0 Å². The fourth-order valence-electron chi connectivity index (χ4n) is 1.21. The number of halogens is 1. The van der Waals surface area contributed by atoms with Gasteiger partial charge in [-0.3, -0.25) is 4.79 Å². The van der Waals surface area contributed by atoms with Gasteiger partial charge in [-0.05, 0) is 30.0 Å². The molecule has 0 atom stereocenters. The van der Waals surface area contributed by atoms with Gasteiger partial charge in [-0.2, -0.15) is 0 Å². The Morgan fingerprint density at radius 2 is 2.12 bits per heavy atom. The molecule has 0 spiro atoms. The fourth-order valence-corrected chi connectivity index (χ4v) is 1.40. The number of nitrogens with two attached hydrogens (primary N) is 1. The van der Waals surface area contributed by atoms with Crippen molar-refractivity contribution in [3.63, 3.8) is 0 Å². The van der Waals surface area contributed by atoms with E-state index in [2.05, 4.69) is 26.1 Å². The molecule has 3 nitrogen and oxygen atoms in total. The summed E-state index contributed by atoms with van der Waals surface area (Å²) in [6.07, 6.45) is 1.01. The van der Waals surface area contributed by atoms with Crippen molar-refractivity contribution in [1.29, 1.82) is 0 Å². The number of anilines is 1. The number of amides is 1. The molecule has 1 aromatic carbocycles. The SMILES string of the molecule is CCC(C)(C)CNC(=O)c1ccc(N)c(Cl)c1. The number of benzene rings is 1. The topological polar surface area (TPSA) is 55.1 Å². The highest BCUT2D eigenvalue weighted by Crippen LogP contribution is 2.21. The van der Waals surface area contributed by atoms with Crippen molar-refractivity contribution in [2.24, 2.45) is 5.41 Å². The fraction of sp³-hybridized carbons (Fsp3) is 0.462. The van der Waals surface area contributed by atoms with Crippen molar-refractivity contribution in [3.8, 4) is 0 Å². The zero-order valence-electron chi connectivity index (χ0n) is 10.5. The highest BCUT2D eigenvalue weighted by atomic mass is 35.5. The number of carbonyl (C=O) groups is 1. The average Bonchev–Trinajstić information content (AvgIpc) is 2.30. The van der Waals surface area contributed by atoms with Crippen LogP contribution in [-0.2, 0) is 0 Å². The minimum absolute atomic E-state index is 0.104. The summed E-state index contributed by atoms with van der Waals surface area (Å²) in [6.45, 7) is 6.98. The van der Waals surface area contributed by atoms with Crippen LogP contribution in [0.15, 0.2) is 18.2 Å². The molecule has 4 heteroatoms. The molecular formula is C13H19ClN2O. The lowest BCUT2D eigenvalue weighted by Gasteiger charge is -2.22. The van der Waals surface area contributed by atoms with Gasteiger partial charge in [-0.15, -0.1) is 0 Å². The quantitative estimate of drug-likeness (QED) is 0.812. The second-order valence-corrected chi connectivity index (χ2v) is 5.34. The molecule has 3 N–H and O–H groups in total. The van der Waals surface area contributed by atoms with E-state index >= 15 is 0 Å². The van der Waals surface area contributed by atoms with E-state index in [9.17, 15) is 4.79 Å². The van der Waals surface area contributed by atoms with E-state index in [1.54, 1.807) is 18.2 Å². The van der Waals surface area contributed by atoms with Crippen molar-refractivity contribution in [3.05, 3.63) is 28.8 Å². The van der Waals surface area contributed by atoms with E-state index in [0.29, 0.717) is 22.8 Å². The van der Waals surface area contributed by atoms with Crippen LogP contribution < -0.4 is 11.1 Å². The first-order valence-corrected chi connectivity index (χ1v) is 6.07. The van der Waals surface area contributed by atoms with Crippen LogP contribution in [0.25, 0.3) is 0 Å². The molecule has 0 aliphatic rings. The number of nitrogen functional groups attached to an aromatic ring is 1. The third-order valence-corrected chi connectivity index (χ3v) is 3.27. The van der Waals surface area contributed by atoms with Crippen LogP contribution in [-0.4, -0.2) is 12.5 Å². The van der Waals surface area contributed by atoms with E-state index in [1.165, 1.54) is 0 Å². The second kappa shape index (κ2) is 5.41. The second-order valence-electron chi connectivity index (χ2n) is 4.94. The summed E-state index contributed by atoms with van der Waals surface area (Å²) in [5.74, 6) is -0.117.